The second-order valence-electron chi connectivity index (χ2n) is 3.25. The highest BCUT2D eigenvalue weighted by molar-refractivity contribution is 9.09. The molecule has 0 amide bonds. The highest BCUT2D eigenvalue weighted by Crippen LogP contribution is 2.19. The van der Waals surface area contributed by atoms with Gasteiger partial charge in [0, 0.05) is 5.33 Å². The van der Waals surface area contributed by atoms with E-state index in [0.717, 1.165) is 30.2 Å². The molecule has 1 nitrogen and oxygen atoms in total. The van der Waals surface area contributed by atoms with Crippen LogP contribution in [0.2, 0.25) is 0 Å². The SMILES string of the molecule is OC(CCCCBr)c1ccc(F)cc1. The molecule has 78 valence electrons. The first kappa shape index (κ1) is 11.7. The summed E-state index contributed by atoms with van der Waals surface area (Å²) >= 11 is 3.33. The van der Waals surface area contributed by atoms with Crippen molar-refractivity contribution in [1.82, 2.24) is 0 Å². The van der Waals surface area contributed by atoms with Crippen LogP contribution in [0.4, 0.5) is 4.39 Å². The Morgan fingerprint density at radius 2 is 1.86 bits per heavy atom. The van der Waals surface area contributed by atoms with Gasteiger partial charge in [0.15, 0.2) is 0 Å². The van der Waals surface area contributed by atoms with E-state index in [2.05, 4.69) is 15.9 Å². The number of hydrogen-bond donors (Lipinski definition) is 1. The summed E-state index contributed by atoms with van der Waals surface area (Å²) in [5.74, 6) is -0.263. The minimum absolute atomic E-state index is 0.263. The van der Waals surface area contributed by atoms with Crippen LogP contribution in [0, 0.1) is 5.82 Å². The number of rotatable bonds is 5. The molecule has 0 saturated carbocycles. The van der Waals surface area contributed by atoms with Crippen LogP contribution in [0.3, 0.4) is 0 Å². The molecule has 1 atom stereocenters. The van der Waals surface area contributed by atoms with E-state index in [0.29, 0.717) is 0 Å². The monoisotopic (exact) mass is 260 g/mol. The van der Waals surface area contributed by atoms with Crippen molar-refractivity contribution in [3.8, 4) is 0 Å². The minimum Gasteiger partial charge on any atom is -0.388 e. The van der Waals surface area contributed by atoms with Gasteiger partial charge in [-0.25, -0.2) is 4.39 Å². The number of alkyl halides is 1. The smallest absolute Gasteiger partial charge is 0.123 e. The van der Waals surface area contributed by atoms with E-state index in [4.69, 9.17) is 0 Å². The van der Waals surface area contributed by atoms with Crippen molar-refractivity contribution >= 4 is 15.9 Å². The Bertz CT molecular complexity index is 260. The third-order valence-corrected chi connectivity index (χ3v) is 2.68. The van der Waals surface area contributed by atoms with Crippen LogP contribution < -0.4 is 0 Å². The number of hydrogen-bond acceptors (Lipinski definition) is 1. The second-order valence-corrected chi connectivity index (χ2v) is 4.05. The van der Waals surface area contributed by atoms with Crippen molar-refractivity contribution in [3.63, 3.8) is 0 Å². The number of halogens is 2. The van der Waals surface area contributed by atoms with Gasteiger partial charge in [-0.05, 0) is 37.0 Å². The Morgan fingerprint density at radius 1 is 1.21 bits per heavy atom. The van der Waals surface area contributed by atoms with Gasteiger partial charge in [0.05, 0.1) is 6.10 Å². The molecule has 0 aliphatic heterocycles. The van der Waals surface area contributed by atoms with Crippen molar-refractivity contribution in [1.29, 1.82) is 0 Å². The minimum atomic E-state index is -0.463. The molecule has 1 unspecified atom stereocenters. The van der Waals surface area contributed by atoms with Gasteiger partial charge in [0.1, 0.15) is 5.82 Å². The van der Waals surface area contributed by atoms with Crippen molar-refractivity contribution in [2.75, 3.05) is 5.33 Å². The first-order valence-electron chi connectivity index (χ1n) is 4.73. The molecule has 0 aliphatic carbocycles. The zero-order valence-electron chi connectivity index (χ0n) is 7.92. The number of aliphatic hydroxyl groups excluding tert-OH is 1. The van der Waals surface area contributed by atoms with Gasteiger partial charge in [-0.3, -0.25) is 0 Å². The summed E-state index contributed by atoms with van der Waals surface area (Å²) in [5.41, 5.74) is 0.793. The summed E-state index contributed by atoms with van der Waals surface area (Å²) in [6.45, 7) is 0. The fourth-order valence-corrected chi connectivity index (χ4v) is 1.68. The lowest BCUT2D eigenvalue weighted by molar-refractivity contribution is 0.164. The zero-order valence-corrected chi connectivity index (χ0v) is 9.50. The third kappa shape index (κ3) is 3.76. The Morgan fingerprint density at radius 3 is 2.43 bits per heavy atom. The summed E-state index contributed by atoms with van der Waals surface area (Å²) in [5, 5.41) is 10.7. The first-order valence-corrected chi connectivity index (χ1v) is 5.85. The molecule has 1 aromatic carbocycles. The molecular weight excluding hydrogens is 247 g/mol. The van der Waals surface area contributed by atoms with Crippen molar-refractivity contribution in [2.45, 2.75) is 25.4 Å². The molecule has 0 fully saturated rings. The molecule has 0 saturated heterocycles. The van der Waals surface area contributed by atoms with Gasteiger partial charge < -0.3 is 5.11 Å². The quantitative estimate of drug-likeness (QED) is 0.636. The van der Waals surface area contributed by atoms with Crippen LogP contribution in [0.25, 0.3) is 0 Å². The number of aliphatic hydroxyl groups is 1. The van der Waals surface area contributed by atoms with Crippen LogP contribution in [0.15, 0.2) is 24.3 Å². The summed E-state index contributed by atoms with van der Waals surface area (Å²) in [7, 11) is 0. The highest BCUT2D eigenvalue weighted by atomic mass is 79.9. The fraction of sp³-hybridized carbons (Fsp3) is 0.455. The standard InChI is InChI=1S/C11H14BrFO/c12-8-2-1-3-11(14)9-4-6-10(13)7-5-9/h4-7,11,14H,1-3,8H2. The van der Waals surface area contributed by atoms with E-state index in [-0.39, 0.29) is 5.82 Å². The van der Waals surface area contributed by atoms with E-state index >= 15 is 0 Å². The van der Waals surface area contributed by atoms with E-state index in [9.17, 15) is 9.50 Å². The molecule has 0 bridgehead atoms. The maximum atomic E-state index is 12.6. The fourth-order valence-electron chi connectivity index (χ4n) is 1.28. The lowest BCUT2D eigenvalue weighted by Gasteiger charge is -2.09. The Hall–Kier alpha value is -0.410. The molecule has 0 aromatic heterocycles. The highest BCUT2D eigenvalue weighted by Gasteiger charge is 2.06. The predicted molar refractivity (Wildman–Crippen MR) is 59.0 cm³/mol. The normalized spacial score (nSPS) is 12.8. The van der Waals surface area contributed by atoms with E-state index < -0.39 is 6.10 Å². The Kier molecular flexibility index (Phi) is 5.12. The van der Waals surface area contributed by atoms with Gasteiger partial charge in [0.25, 0.3) is 0 Å². The maximum Gasteiger partial charge on any atom is 0.123 e. The maximum absolute atomic E-state index is 12.6. The van der Waals surface area contributed by atoms with Gasteiger partial charge in [-0.1, -0.05) is 28.1 Å². The molecule has 14 heavy (non-hydrogen) atoms. The van der Waals surface area contributed by atoms with E-state index in [1.165, 1.54) is 12.1 Å². The second kappa shape index (κ2) is 6.14. The molecule has 0 aliphatic rings. The Balaban J connectivity index is 2.43. The van der Waals surface area contributed by atoms with Crippen LogP contribution in [0.5, 0.6) is 0 Å². The van der Waals surface area contributed by atoms with Gasteiger partial charge in [-0.2, -0.15) is 0 Å². The average Bonchev–Trinajstić information content (AvgIpc) is 2.19. The molecule has 1 N–H and O–H groups in total. The van der Waals surface area contributed by atoms with Gasteiger partial charge in [-0.15, -0.1) is 0 Å². The van der Waals surface area contributed by atoms with Gasteiger partial charge >= 0.3 is 0 Å². The van der Waals surface area contributed by atoms with Crippen LogP contribution >= 0.6 is 15.9 Å². The summed E-state index contributed by atoms with van der Waals surface area (Å²) in [6, 6.07) is 6.02. The lowest BCUT2D eigenvalue weighted by Crippen LogP contribution is -1.97. The third-order valence-electron chi connectivity index (χ3n) is 2.12. The average molecular weight is 261 g/mol. The van der Waals surface area contributed by atoms with Crippen LogP contribution in [-0.4, -0.2) is 10.4 Å². The molecule has 1 aromatic rings. The summed E-state index contributed by atoms with van der Waals surface area (Å²) < 4.78 is 12.6. The topological polar surface area (TPSA) is 20.2 Å². The van der Waals surface area contributed by atoms with Crippen molar-refractivity contribution in [3.05, 3.63) is 35.6 Å². The molecule has 3 heteroatoms. The van der Waals surface area contributed by atoms with E-state index in [1.54, 1.807) is 12.1 Å². The summed E-state index contributed by atoms with van der Waals surface area (Å²) in [4.78, 5) is 0. The number of unbranched alkanes of at least 4 members (excludes halogenated alkanes) is 1. The van der Waals surface area contributed by atoms with E-state index in [1.807, 2.05) is 0 Å². The summed E-state index contributed by atoms with van der Waals surface area (Å²) in [6.07, 6.45) is 2.30. The van der Waals surface area contributed by atoms with Gasteiger partial charge in [0.2, 0.25) is 0 Å². The number of benzene rings is 1. The van der Waals surface area contributed by atoms with Crippen molar-refractivity contribution in [2.24, 2.45) is 0 Å². The Labute approximate surface area is 92.1 Å². The zero-order chi connectivity index (χ0) is 10.4. The largest absolute Gasteiger partial charge is 0.388 e. The lowest BCUT2D eigenvalue weighted by atomic mass is 10.0. The predicted octanol–water partition coefficient (Wildman–Crippen LogP) is 3.42. The van der Waals surface area contributed by atoms with Crippen LogP contribution in [0.1, 0.15) is 30.9 Å². The molecular formula is C11H14BrFO. The molecule has 0 heterocycles. The molecule has 0 radical (unpaired) electrons. The molecule has 1 rings (SSSR count). The van der Waals surface area contributed by atoms with Crippen molar-refractivity contribution < 1.29 is 9.50 Å². The molecule has 0 spiro atoms. The first-order chi connectivity index (χ1) is 6.74. The van der Waals surface area contributed by atoms with Crippen LogP contribution in [-0.2, 0) is 0 Å².